The first kappa shape index (κ1) is 16.8. The van der Waals surface area contributed by atoms with Gasteiger partial charge in [0, 0.05) is 0 Å². The fourth-order valence-electron chi connectivity index (χ4n) is 2.96. The summed E-state index contributed by atoms with van der Waals surface area (Å²) >= 11 is 0. The number of hydrogen-bond acceptors (Lipinski definition) is 5. The first-order valence-corrected chi connectivity index (χ1v) is 8.37. The summed E-state index contributed by atoms with van der Waals surface area (Å²) in [7, 11) is 1.60. The average Bonchev–Trinajstić information content (AvgIpc) is 2.69. The van der Waals surface area contributed by atoms with Gasteiger partial charge in [0.25, 0.3) is 5.56 Å². The molecule has 27 heavy (non-hydrogen) atoms. The maximum absolute atomic E-state index is 12.4. The Balaban J connectivity index is 1.61. The second-order valence-electron chi connectivity index (χ2n) is 6.02. The number of fused-ring (bicyclic) bond motifs is 2. The molecule has 6 nitrogen and oxygen atoms in total. The van der Waals surface area contributed by atoms with Crippen molar-refractivity contribution in [2.75, 3.05) is 7.11 Å². The van der Waals surface area contributed by atoms with Crippen LogP contribution >= 0.6 is 0 Å². The smallest absolute Gasteiger partial charge is 0.331 e. The molecule has 0 atom stereocenters. The second-order valence-corrected chi connectivity index (χ2v) is 6.02. The summed E-state index contributed by atoms with van der Waals surface area (Å²) in [5.74, 6) is 0.601. The summed E-state index contributed by atoms with van der Waals surface area (Å²) < 4.78 is 12.0. The standard InChI is InChI=1S/C21H16N2O4/c1-26-16-8-6-14-7-9-17(11-15(14)10-16)27-21(25)13-23-19-5-3-2-4-18(19)22-12-20(23)24/h2-12H,13H2,1H3. The lowest BCUT2D eigenvalue weighted by Gasteiger charge is -2.10. The number of para-hydroxylation sites is 2. The van der Waals surface area contributed by atoms with Crippen molar-refractivity contribution in [2.45, 2.75) is 6.54 Å². The van der Waals surface area contributed by atoms with Gasteiger partial charge in [-0.3, -0.25) is 9.36 Å². The molecule has 134 valence electrons. The quantitative estimate of drug-likeness (QED) is 0.413. The Morgan fingerprint density at radius 3 is 2.56 bits per heavy atom. The van der Waals surface area contributed by atoms with Gasteiger partial charge in [0.15, 0.2) is 0 Å². The molecule has 0 aliphatic rings. The molecule has 3 aromatic carbocycles. The van der Waals surface area contributed by atoms with Crippen molar-refractivity contribution < 1.29 is 14.3 Å². The van der Waals surface area contributed by atoms with Gasteiger partial charge in [-0.1, -0.05) is 24.3 Å². The molecule has 0 fully saturated rings. The minimum Gasteiger partial charge on any atom is -0.497 e. The van der Waals surface area contributed by atoms with Crippen LogP contribution in [0.1, 0.15) is 0 Å². The Bertz CT molecular complexity index is 1210. The topological polar surface area (TPSA) is 70.4 Å². The van der Waals surface area contributed by atoms with Crippen molar-refractivity contribution in [1.29, 1.82) is 0 Å². The molecule has 4 rings (SSSR count). The Morgan fingerprint density at radius 2 is 1.74 bits per heavy atom. The van der Waals surface area contributed by atoms with Crippen LogP contribution in [0.15, 0.2) is 71.7 Å². The normalized spacial score (nSPS) is 10.9. The van der Waals surface area contributed by atoms with Gasteiger partial charge in [-0.2, -0.15) is 0 Å². The molecular formula is C21H16N2O4. The summed E-state index contributed by atoms with van der Waals surface area (Å²) in [5, 5.41) is 1.90. The first-order chi connectivity index (χ1) is 13.1. The Labute approximate surface area is 154 Å². The zero-order valence-electron chi connectivity index (χ0n) is 14.6. The van der Waals surface area contributed by atoms with Gasteiger partial charge in [-0.05, 0) is 47.2 Å². The zero-order chi connectivity index (χ0) is 18.8. The van der Waals surface area contributed by atoms with Crippen LogP contribution in [-0.2, 0) is 11.3 Å². The van der Waals surface area contributed by atoms with E-state index in [1.165, 1.54) is 10.8 Å². The highest BCUT2D eigenvalue weighted by Crippen LogP contribution is 2.25. The van der Waals surface area contributed by atoms with Crippen molar-refractivity contribution in [3.8, 4) is 11.5 Å². The molecule has 0 radical (unpaired) electrons. The van der Waals surface area contributed by atoms with Gasteiger partial charge in [-0.15, -0.1) is 0 Å². The lowest BCUT2D eigenvalue weighted by atomic mass is 10.1. The lowest BCUT2D eigenvalue weighted by Crippen LogP contribution is -2.26. The van der Waals surface area contributed by atoms with E-state index in [-0.39, 0.29) is 12.1 Å². The highest BCUT2D eigenvalue weighted by atomic mass is 16.5. The predicted octanol–water partition coefficient (Wildman–Crippen LogP) is 3.16. The van der Waals surface area contributed by atoms with Crippen LogP contribution < -0.4 is 15.0 Å². The molecule has 0 bridgehead atoms. The van der Waals surface area contributed by atoms with Crippen LogP contribution in [0, 0.1) is 0 Å². The van der Waals surface area contributed by atoms with Crippen LogP contribution in [0.2, 0.25) is 0 Å². The van der Waals surface area contributed by atoms with Crippen molar-refractivity contribution in [1.82, 2.24) is 9.55 Å². The number of rotatable bonds is 4. The Hall–Kier alpha value is -3.67. The number of benzene rings is 3. The molecule has 0 spiro atoms. The minimum absolute atomic E-state index is 0.196. The molecule has 6 heteroatoms. The second kappa shape index (κ2) is 6.92. The summed E-state index contributed by atoms with van der Waals surface area (Å²) in [6.45, 7) is -0.196. The van der Waals surface area contributed by atoms with E-state index in [9.17, 15) is 9.59 Å². The molecule has 0 N–H and O–H groups in total. The summed E-state index contributed by atoms with van der Waals surface area (Å²) in [4.78, 5) is 28.6. The van der Waals surface area contributed by atoms with Crippen molar-refractivity contribution in [3.63, 3.8) is 0 Å². The number of ether oxygens (including phenoxy) is 2. The van der Waals surface area contributed by atoms with Crippen LogP contribution in [0.5, 0.6) is 11.5 Å². The van der Waals surface area contributed by atoms with E-state index in [0.717, 1.165) is 16.5 Å². The molecule has 1 heterocycles. The predicted molar refractivity (Wildman–Crippen MR) is 102 cm³/mol. The largest absolute Gasteiger partial charge is 0.497 e. The fraction of sp³-hybridized carbons (Fsp3) is 0.0952. The van der Waals surface area contributed by atoms with Gasteiger partial charge >= 0.3 is 5.97 Å². The van der Waals surface area contributed by atoms with E-state index in [4.69, 9.17) is 9.47 Å². The highest BCUT2D eigenvalue weighted by Gasteiger charge is 2.11. The van der Waals surface area contributed by atoms with Crippen LogP contribution in [0.25, 0.3) is 21.8 Å². The van der Waals surface area contributed by atoms with Gasteiger partial charge in [-0.25, -0.2) is 9.78 Å². The number of esters is 1. The number of hydrogen-bond donors (Lipinski definition) is 0. The fourth-order valence-corrected chi connectivity index (χ4v) is 2.96. The van der Waals surface area contributed by atoms with E-state index >= 15 is 0 Å². The molecule has 0 aliphatic carbocycles. The molecule has 0 saturated carbocycles. The maximum Gasteiger partial charge on any atom is 0.331 e. The summed E-state index contributed by atoms with van der Waals surface area (Å²) in [6.07, 6.45) is 1.21. The number of carbonyl (C=O) groups is 1. The molecule has 0 amide bonds. The number of aromatic nitrogens is 2. The van der Waals surface area contributed by atoms with E-state index in [1.807, 2.05) is 30.3 Å². The number of nitrogens with zero attached hydrogens (tertiary/aromatic N) is 2. The van der Waals surface area contributed by atoms with Gasteiger partial charge in [0.2, 0.25) is 0 Å². The Morgan fingerprint density at radius 1 is 1.00 bits per heavy atom. The van der Waals surface area contributed by atoms with E-state index < -0.39 is 5.97 Å². The van der Waals surface area contributed by atoms with E-state index in [0.29, 0.717) is 16.8 Å². The molecule has 0 unspecified atom stereocenters. The van der Waals surface area contributed by atoms with Crippen LogP contribution in [0.3, 0.4) is 0 Å². The number of carbonyl (C=O) groups excluding carboxylic acids is 1. The third kappa shape index (κ3) is 3.37. The molecule has 0 saturated heterocycles. The zero-order valence-corrected chi connectivity index (χ0v) is 14.6. The van der Waals surface area contributed by atoms with Gasteiger partial charge in [0.1, 0.15) is 18.0 Å². The maximum atomic E-state index is 12.4. The SMILES string of the molecule is COc1ccc2ccc(OC(=O)Cn3c(=O)cnc4ccccc43)cc2c1. The van der Waals surface area contributed by atoms with E-state index in [1.54, 1.807) is 37.4 Å². The molecular weight excluding hydrogens is 344 g/mol. The number of methoxy groups -OCH3 is 1. The lowest BCUT2D eigenvalue weighted by molar-refractivity contribution is -0.135. The van der Waals surface area contributed by atoms with Crippen LogP contribution in [0.4, 0.5) is 0 Å². The van der Waals surface area contributed by atoms with Crippen LogP contribution in [-0.4, -0.2) is 22.6 Å². The van der Waals surface area contributed by atoms with Crippen molar-refractivity contribution >= 4 is 27.8 Å². The van der Waals surface area contributed by atoms with Crippen molar-refractivity contribution in [3.05, 3.63) is 77.2 Å². The van der Waals surface area contributed by atoms with Crippen molar-refractivity contribution in [2.24, 2.45) is 0 Å². The van der Waals surface area contributed by atoms with Gasteiger partial charge < -0.3 is 9.47 Å². The minimum atomic E-state index is -0.532. The third-order valence-corrected chi connectivity index (χ3v) is 4.29. The molecule has 0 aliphatic heterocycles. The van der Waals surface area contributed by atoms with Gasteiger partial charge in [0.05, 0.1) is 24.3 Å². The highest BCUT2D eigenvalue weighted by molar-refractivity contribution is 5.86. The molecule has 1 aromatic heterocycles. The monoisotopic (exact) mass is 360 g/mol. The Kier molecular flexibility index (Phi) is 4.30. The average molecular weight is 360 g/mol. The third-order valence-electron chi connectivity index (χ3n) is 4.29. The summed E-state index contributed by atoms with van der Waals surface area (Å²) in [5.41, 5.74) is 0.877. The first-order valence-electron chi connectivity index (χ1n) is 8.37. The van der Waals surface area contributed by atoms with E-state index in [2.05, 4.69) is 4.98 Å². The summed E-state index contributed by atoms with van der Waals surface area (Å²) in [6, 6.07) is 18.2. The molecule has 4 aromatic rings.